The van der Waals surface area contributed by atoms with Gasteiger partial charge in [0.1, 0.15) is 0 Å². The zero-order valence-corrected chi connectivity index (χ0v) is 19.9. The fourth-order valence-electron chi connectivity index (χ4n) is 4.59. The number of hydrogen-bond donors (Lipinski definition) is 1. The van der Waals surface area contributed by atoms with E-state index in [2.05, 4.69) is 15.4 Å². The first-order chi connectivity index (χ1) is 16.5. The highest BCUT2D eigenvalue weighted by molar-refractivity contribution is 5.79. The van der Waals surface area contributed by atoms with Gasteiger partial charge in [0, 0.05) is 43.4 Å². The lowest BCUT2D eigenvalue weighted by atomic mass is 10.0. The van der Waals surface area contributed by atoms with Gasteiger partial charge in [0.2, 0.25) is 11.8 Å². The number of aryl methyl sites for hydroxylation is 3. The number of nitrogens with one attached hydrogen (secondary N) is 1. The molecule has 10 heteroatoms. The van der Waals surface area contributed by atoms with Crippen molar-refractivity contribution in [2.75, 3.05) is 13.1 Å². The zero-order chi connectivity index (χ0) is 25.3. The SMILES string of the molecule is Cc1cc2nc(C)c(CCC(=O)NC(CN3CCCC3=O)c3cccc(C(F)(F)F)c3)c(C)n2n1. The Bertz CT molecular complexity index is 1270. The Kier molecular flexibility index (Phi) is 6.82. The number of hydrogen-bond acceptors (Lipinski definition) is 4. The van der Waals surface area contributed by atoms with E-state index in [4.69, 9.17) is 0 Å². The summed E-state index contributed by atoms with van der Waals surface area (Å²) in [6, 6.07) is 6.04. The number of halogens is 3. The van der Waals surface area contributed by atoms with E-state index < -0.39 is 17.8 Å². The summed E-state index contributed by atoms with van der Waals surface area (Å²) in [5, 5.41) is 7.31. The number of alkyl halides is 3. The Balaban J connectivity index is 1.52. The van der Waals surface area contributed by atoms with Crippen LogP contribution >= 0.6 is 0 Å². The molecule has 3 heterocycles. The van der Waals surface area contributed by atoms with E-state index in [1.165, 1.54) is 6.07 Å². The van der Waals surface area contributed by atoms with Gasteiger partial charge in [0.25, 0.3) is 0 Å². The van der Waals surface area contributed by atoms with Gasteiger partial charge >= 0.3 is 6.18 Å². The van der Waals surface area contributed by atoms with Crippen molar-refractivity contribution in [1.82, 2.24) is 24.8 Å². The molecular weight excluding hydrogens is 459 g/mol. The number of amides is 2. The molecule has 1 aliphatic heterocycles. The minimum absolute atomic E-state index is 0.0589. The highest BCUT2D eigenvalue weighted by Gasteiger charge is 2.32. The van der Waals surface area contributed by atoms with Crippen LogP contribution in [0.1, 0.15) is 59.1 Å². The van der Waals surface area contributed by atoms with Crippen molar-refractivity contribution in [3.63, 3.8) is 0 Å². The van der Waals surface area contributed by atoms with Crippen LogP contribution in [0.25, 0.3) is 5.65 Å². The molecule has 4 rings (SSSR count). The van der Waals surface area contributed by atoms with E-state index in [-0.39, 0.29) is 24.8 Å². The van der Waals surface area contributed by atoms with Crippen LogP contribution in [0, 0.1) is 20.8 Å². The number of carbonyl (C=O) groups is 2. The first-order valence-corrected chi connectivity index (χ1v) is 11.6. The van der Waals surface area contributed by atoms with E-state index in [0.29, 0.717) is 31.4 Å². The molecule has 1 aromatic carbocycles. The fourth-order valence-corrected chi connectivity index (χ4v) is 4.59. The maximum absolute atomic E-state index is 13.3. The summed E-state index contributed by atoms with van der Waals surface area (Å²) in [7, 11) is 0. The highest BCUT2D eigenvalue weighted by atomic mass is 19.4. The molecule has 1 aliphatic rings. The number of aromatic nitrogens is 3. The lowest BCUT2D eigenvalue weighted by Gasteiger charge is -2.26. The average Bonchev–Trinajstić information content (AvgIpc) is 3.37. The second kappa shape index (κ2) is 9.67. The van der Waals surface area contributed by atoms with Gasteiger partial charge in [-0.3, -0.25) is 9.59 Å². The Morgan fingerprint density at radius 1 is 1.20 bits per heavy atom. The standard InChI is InChI=1S/C25H28F3N5O2/c1-15-12-22-29-16(2)20(17(3)33(22)31-15)9-10-23(34)30-21(14-32-11-5-8-24(32)35)18-6-4-7-19(13-18)25(26,27)28/h4,6-7,12-13,21H,5,8-11,14H2,1-3H3,(H,30,34). The molecule has 35 heavy (non-hydrogen) atoms. The lowest BCUT2D eigenvalue weighted by Crippen LogP contribution is -2.38. The highest BCUT2D eigenvalue weighted by Crippen LogP contribution is 2.31. The molecule has 7 nitrogen and oxygen atoms in total. The van der Waals surface area contributed by atoms with Gasteiger partial charge in [0.05, 0.1) is 17.3 Å². The van der Waals surface area contributed by atoms with E-state index >= 15 is 0 Å². The van der Waals surface area contributed by atoms with Gasteiger partial charge in [-0.25, -0.2) is 9.50 Å². The molecule has 0 bridgehead atoms. The van der Waals surface area contributed by atoms with Crippen molar-refractivity contribution in [2.24, 2.45) is 0 Å². The van der Waals surface area contributed by atoms with Gasteiger partial charge in [-0.2, -0.15) is 18.3 Å². The number of likely N-dealkylation sites (tertiary alicyclic amines) is 1. The van der Waals surface area contributed by atoms with Crippen LogP contribution in [-0.4, -0.2) is 44.4 Å². The monoisotopic (exact) mass is 487 g/mol. The van der Waals surface area contributed by atoms with Crippen molar-refractivity contribution in [1.29, 1.82) is 0 Å². The molecule has 2 aromatic heterocycles. The van der Waals surface area contributed by atoms with Gasteiger partial charge in [-0.05, 0) is 56.9 Å². The molecule has 1 atom stereocenters. The molecule has 0 radical (unpaired) electrons. The van der Waals surface area contributed by atoms with Gasteiger partial charge in [-0.15, -0.1) is 0 Å². The second-order valence-corrected chi connectivity index (χ2v) is 9.00. The quantitative estimate of drug-likeness (QED) is 0.545. The number of benzene rings is 1. The molecule has 0 saturated carbocycles. The molecule has 2 amide bonds. The van der Waals surface area contributed by atoms with Crippen molar-refractivity contribution in [3.05, 3.63) is 64.1 Å². The first-order valence-electron chi connectivity index (χ1n) is 11.6. The normalized spacial score (nSPS) is 15.1. The summed E-state index contributed by atoms with van der Waals surface area (Å²) in [6.45, 7) is 6.34. The molecule has 1 unspecified atom stereocenters. The van der Waals surface area contributed by atoms with Crippen LogP contribution in [0.3, 0.4) is 0 Å². The Morgan fingerprint density at radius 2 is 1.97 bits per heavy atom. The summed E-state index contributed by atoms with van der Waals surface area (Å²) in [5.41, 5.74) is 3.71. The van der Waals surface area contributed by atoms with E-state index in [1.54, 1.807) is 15.5 Å². The molecule has 1 fully saturated rings. The maximum Gasteiger partial charge on any atom is 0.416 e. The summed E-state index contributed by atoms with van der Waals surface area (Å²) < 4.78 is 41.6. The third-order valence-electron chi connectivity index (χ3n) is 6.41. The van der Waals surface area contributed by atoms with Crippen molar-refractivity contribution < 1.29 is 22.8 Å². The average molecular weight is 488 g/mol. The maximum atomic E-state index is 13.3. The van der Waals surface area contributed by atoms with E-state index in [9.17, 15) is 22.8 Å². The molecule has 0 aliphatic carbocycles. The number of fused-ring (bicyclic) bond motifs is 1. The fraction of sp³-hybridized carbons (Fsp3) is 0.440. The Labute approximate surface area is 201 Å². The summed E-state index contributed by atoms with van der Waals surface area (Å²) in [5.74, 6) is -0.369. The van der Waals surface area contributed by atoms with Gasteiger partial charge in [-0.1, -0.05) is 12.1 Å². The summed E-state index contributed by atoms with van der Waals surface area (Å²) >= 11 is 0. The van der Waals surface area contributed by atoms with E-state index in [1.807, 2.05) is 26.8 Å². The smallest absolute Gasteiger partial charge is 0.347 e. The molecule has 0 spiro atoms. The van der Waals surface area contributed by atoms with Crippen LogP contribution in [0.5, 0.6) is 0 Å². The van der Waals surface area contributed by atoms with Crippen LogP contribution in [-0.2, 0) is 22.2 Å². The summed E-state index contributed by atoms with van der Waals surface area (Å²) in [4.78, 5) is 31.3. The van der Waals surface area contributed by atoms with Crippen molar-refractivity contribution in [2.45, 2.75) is 58.7 Å². The van der Waals surface area contributed by atoms with E-state index in [0.717, 1.165) is 40.4 Å². The minimum Gasteiger partial charge on any atom is -0.347 e. The van der Waals surface area contributed by atoms with Crippen LogP contribution in [0.2, 0.25) is 0 Å². The Hall–Kier alpha value is -3.43. The van der Waals surface area contributed by atoms with Crippen LogP contribution in [0.15, 0.2) is 30.3 Å². The van der Waals surface area contributed by atoms with Crippen molar-refractivity contribution in [3.8, 4) is 0 Å². The number of rotatable bonds is 7. The molecule has 3 aromatic rings. The summed E-state index contributed by atoms with van der Waals surface area (Å²) in [6.07, 6.45) is -2.87. The molecule has 1 saturated heterocycles. The predicted molar refractivity (Wildman–Crippen MR) is 124 cm³/mol. The second-order valence-electron chi connectivity index (χ2n) is 9.00. The molecular formula is C25H28F3N5O2. The Morgan fingerprint density at radius 3 is 2.66 bits per heavy atom. The van der Waals surface area contributed by atoms with Crippen LogP contribution in [0.4, 0.5) is 13.2 Å². The zero-order valence-electron chi connectivity index (χ0n) is 19.9. The third kappa shape index (κ3) is 5.47. The predicted octanol–water partition coefficient (Wildman–Crippen LogP) is 4.09. The minimum atomic E-state index is -4.50. The largest absolute Gasteiger partial charge is 0.416 e. The van der Waals surface area contributed by atoms with Crippen LogP contribution < -0.4 is 5.32 Å². The molecule has 186 valence electrons. The first kappa shape index (κ1) is 24.7. The third-order valence-corrected chi connectivity index (χ3v) is 6.41. The van der Waals surface area contributed by atoms with Gasteiger partial charge < -0.3 is 10.2 Å². The lowest BCUT2D eigenvalue weighted by molar-refractivity contribution is -0.137. The van der Waals surface area contributed by atoms with Crippen molar-refractivity contribution >= 4 is 17.5 Å². The number of nitrogens with zero attached hydrogens (tertiary/aromatic N) is 4. The molecule has 1 N–H and O–H groups in total. The van der Waals surface area contributed by atoms with Gasteiger partial charge in [0.15, 0.2) is 5.65 Å². The topological polar surface area (TPSA) is 79.6 Å². The number of carbonyl (C=O) groups excluding carboxylic acids is 2.